The molecule has 0 N–H and O–H groups in total. The number of hydrogen-bond donors (Lipinski definition) is 0. The van der Waals surface area contributed by atoms with Gasteiger partial charge in [-0.15, -0.1) is 0 Å². The molecule has 1 saturated carbocycles. The van der Waals surface area contributed by atoms with Crippen LogP contribution in [0.15, 0.2) is 0 Å². The Kier molecular flexibility index (Phi) is 79.8. The van der Waals surface area contributed by atoms with Crippen molar-refractivity contribution in [2.24, 2.45) is 0 Å². The number of phosphoric ester groups is 6. The van der Waals surface area contributed by atoms with E-state index in [9.17, 15) is 95.6 Å². The molecule has 0 heterocycles. The first-order valence-corrected chi connectivity index (χ1v) is 18.8. The predicted octanol–water partition coefficient (Wildman–Crippen LogP) is -50.2. The van der Waals surface area contributed by atoms with Crippen LogP contribution in [0.1, 0.15) is 0 Å². The molecule has 47 heteroatoms. The van der Waals surface area contributed by atoms with Gasteiger partial charge in [0.15, 0.2) is 0 Å². The van der Waals surface area contributed by atoms with Crippen LogP contribution in [0.25, 0.3) is 0 Å². The smallest absolute Gasteiger partial charge is 0.790 e. The molecule has 0 aromatic heterocycles. The summed E-state index contributed by atoms with van der Waals surface area (Å²) in [6.45, 7) is 0. The molecule has 27 nitrogen and oxygen atoms in total. The van der Waals surface area contributed by atoms with Crippen molar-refractivity contribution in [1.82, 2.24) is 0 Å². The second-order valence-electron chi connectivity index (χ2n) is 6.63. The normalized spacial score (nSPS) is 22.1. The Hall–Kier alpha value is 13.8. The van der Waals surface area contributed by atoms with Gasteiger partial charge < -0.3 is 118 Å². The Morgan fingerprint density at radius 1 is 0.245 bits per heavy atom. The fraction of sp³-hybridized carbons (Fsp3) is 1.00. The number of rotatable bonds is 14. The molecule has 0 radical (unpaired) electrons. The summed E-state index contributed by atoms with van der Waals surface area (Å²) in [5.41, 5.74) is 0. The van der Waals surface area contributed by atoms with Crippen LogP contribution in [0.2, 0.25) is 0 Å². The maximum Gasteiger partial charge on any atom is 1.00 e. The number of hydrogen-bond acceptors (Lipinski definition) is 27. The molecule has 0 aromatic carbocycles. The van der Waals surface area contributed by atoms with Gasteiger partial charge in [0.1, 0.15) is 36.6 Å². The van der Waals surface area contributed by atoms with E-state index >= 15 is 0 Å². The van der Waals surface area contributed by atoms with Crippen LogP contribution in [0.4, 0.5) is 0 Å². The minimum absolute atomic E-state index is 0. The third kappa shape index (κ3) is 49.2. The Morgan fingerprint density at radius 2 is 0.377 bits per heavy atom. The van der Waals surface area contributed by atoms with E-state index < -0.39 is 91.4 Å². The SMILES string of the molecule is O=P([O-])([O-])OC1[C@@H](OP(=O)([O-])[O-])[C@@H](OP(=O)([O-])[O-])C(OP(=O)([O-])OP(=O)([O-])[O-])[C@H](OP(=O)([O-])[O-])[C@H]1OP(=O)([O-])[O-].[Na+].[Na+].[Na+].[Na+].[Na+].[Na+].[Na+].[Na+].[Na+].[Na+].[Na+].[Na+].[Na+]. The molecular formula is C6H6Na13O27P7. The van der Waals surface area contributed by atoms with Crippen LogP contribution in [0, 0.1) is 0 Å². The van der Waals surface area contributed by atoms with Gasteiger partial charge in [0.05, 0.1) is 46.9 Å². The van der Waals surface area contributed by atoms with Gasteiger partial charge in [0.25, 0.3) is 7.82 Å². The first-order valence-electron chi connectivity index (χ1n) is 8.53. The standard InChI is InChI=1S/C6H19O27P7.13Na/c7-34(8,9)27-1-2(28-35(10,11)12)4(30-37(16,17)18)6(32-40(25,26)33-39(22,23)24)5(31-38(19,20)21)3(1)29-36(13,14)15;;;;;;;;;;;;;/h1-6H,(H,25,26)(H2,7,8,9)(H2,10,11,12)(H2,13,14,15)(H2,16,17,18)(H2,19,20,21)(H2,22,23,24);;;;;;;;;;;;;/q;13*+1/p-13/t1?,2-,3+,4-,5-,6?;;;;;;;;;;;;;/m1............./s1. The first-order chi connectivity index (χ1) is 17.3. The van der Waals surface area contributed by atoms with Gasteiger partial charge in [0, 0.05) is 0 Å². The van der Waals surface area contributed by atoms with Gasteiger partial charge >= 0.3 is 384 Å². The zero-order chi connectivity index (χ0) is 31.9. The molecule has 0 spiro atoms. The van der Waals surface area contributed by atoms with E-state index in [0.717, 1.165) is 0 Å². The average Bonchev–Trinajstić information content (AvgIpc) is 2.57. The molecule has 240 valence electrons. The fourth-order valence-electron chi connectivity index (χ4n) is 2.88. The summed E-state index contributed by atoms with van der Waals surface area (Å²) >= 11 is 0. The van der Waals surface area contributed by atoms with Crippen LogP contribution >= 0.6 is 54.8 Å². The van der Waals surface area contributed by atoms with Crippen molar-refractivity contribution in [1.29, 1.82) is 0 Å². The maximum absolute atomic E-state index is 11.9. The first kappa shape index (κ1) is 99.9. The van der Waals surface area contributed by atoms with Gasteiger partial charge in [-0.25, -0.2) is 0 Å². The van der Waals surface area contributed by atoms with E-state index in [-0.39, 0.29) is 384 Å². The fourth-order valence-corrected chi connectivity index (χ4v) is 7.24. The van der Waals surface area contributed by atoms with E-state index in [0.29, 0.717) is 0 Å². The second kappa shape index (κ2) is 42.3. The van der Waals surface area contributed by atoms with Crippen LogP contribution < -0.4 is 448 Å². The summed E-state index contributed by atoms with van der Waals surface area (Å²) in [6, 6.07) is 0. The van der Waals surface area contributed by atoms with Gasteiger partial charge in [-0.2, -0.15) is 0 Å². The molecular weight excluding hydrogens is 1020 g/mol. The molecule has 1 aliphatic carbocycles. The predicted molar refractivity (Wildman–Crippen MR) is 83.6 cm³/mol. The van der Waals surface area contributed by atoms with Gasteiger partial charge in [-0.3, -0.25) is 8.88 Å². The van der Waals surface area contributed by atoms with Crippen molar-refractivity contribution >= 4 is 54.8 Å². The molecule has 7 atom stereocenters. The van der Waals surface area contributed by atoms with E-state index in [2.05, 4.69) is 31.5 Å². The molecule has 0 aliphatic heterocycles. The minimum atomic E-state index is -6.97. The minimum Gasteiger partial charge on any atom is -0.790 e. The summed E-state index contributed by atoms with van der Waals surface area (Å²) in [6.07, 6.45) is -22.5. The molecule has 0 amide bonds. The van der Waals surface area contributed by atoms with E-state index in [4.69, 9.17) is 0 Å². The van der Waals surface area contributed by atoms with Crippen molar-refractivity contribution in [3.05, 3.63) is 0 Å². The zero-order valence-electron chi connectivity index (χ0n) is 30.6. The quantitative estimate of drug-likeness (QED) is 0.115. The van der Waals surface area contributed by atoms with Gasteiger partial charge in [-0.1, -0.05) is 0 Å². The molecule has 1 aliphatic rings. The van der Waals surface area contributed by atoms with Crippen molar-refractivity contribution in [2.75, 3.05) is 0 Å². The third-order valence-corrected chi connectivity index (χ3v) is 8.26. The van der Waals surface area contributed by atoms with Crippen molar-refractivity contribution in [3.63, 3.8) is 0 Å². The van der Waals surface area contributed by atoms with Crippen molar-refractivity contribution in [2.45, 2.75) is 36.6 Å². The summed E-state index contributed by atoms with van der Waals surface area (Å²) in [7, 11) is -47.8. The largest absolute Gasteiger partial charge is 1.00 e. The summed E-state index contributed by atoms with van der Waals surface area (Å²) in [5, 5.41) is 0. The second-order valence-corrected chi connectivity index (χ2v) is 14.8. The molecule has 1 fully saturated rings. The van der Waals surface area contributed by atoms with Crippen molar-refractivity contribution < 1.29 is 511 Å². The molecule has 0 bridgehead atoms. The monoisotopic (exact) mass is 1030 g/mol. The Balaban J connectivity index is -0.000000112. The Morgan fingerprint density at radius 3 is 0.491 bits per heavy atom. The summed E-state index contributed by atoms with van der Waals surface area (Å²) in [4.78, 5) is 145. The third-order valence-electron chi connectivity index (χ3n) is 3.65. The molecule has 53 heavy (non-hydrogen) atoms. The zero-order valence-corrected chi connectivity index (χ0v) is 62.9. The molecule has 0 saturated heterocycles. The summed E-state index contributed by atoms with van der Waals surface area (Å²) < 4.78 is 103. The van der Waals surface area contributed by atoms with Crippen LogP contribution in [0.3, 0.4) is 0 Å². The van der Waals surface area contributed by atoms with Gasteiger partial charge in [-0.05, 0) is 0 Å². The topological polar surface area (TPSA) is 484 Å². The van der Waals surface area contributed by atoms with E-state index in [1.807, 2.05) is 0 Å². The van der Waals surface area contributed by atoms with Crippen molar-refractivity contribution in [3.8, 4) is 0 Å². The van der Waals surface area contributed by atoms with Gasteiger partial charge in [0.2, 0.25) is 0 Å². The van der Waals surface area contributed by atoms with Crippen LogP contribution in [-0.2, 0) is 63.4 Å². The molecule has 0 aromatic rings. The number of phosphoric acid groups is 7. The van der Waals surface area contributed by atoms with E-state index in [1.165, 1.54) is 0 Å². The summed E-state index contributed by atoms with van der Waals surface area (Å²) in [5.74, 6) is 0. The van der Waals surface area contributed by atoms with Crippen LogP contribution in [0.5, 0.6) is 0 Å². The molecule has 3 unspecified atom stereocenters. The Labute approximate surface area is 588 Å². The van der Waals surface area contributed by atoms with E-state index in [1.54, 1.807) is 0 Å². The molecule has 1 rings (SSSR count). The Bertz CT molecular complexity index is 1200. The van der Waals surface area contributed by atoms with Crippen LogP contribution in [-0.4, -0.2) is 36.6 Å². The average molecular weight is 1030 g/mol. The maximum atomic E-state index is 11.9.